The number of nitrogens with zero attached hydrogens (tertiary/aromatic N) is 1. The topological polar surface area (TPSA) is 61.3 Å². The highest BCUT2D eigenvalue weighted by atomic mass is 127. The highest BCUT2D eigenvalue weighted by Gasteiger charge is 2.16. The number of rotatable bonds is 6. The molecule has 0 aliphatic heterocycles. The van der Waals surface area contributed by atoms with Gasteiger partial charge in [0, 0.05) is 5.57 Å². The molecule has 0 fully saturated rings. The van der Waals surface area contributed by atoms with Crippen molar-refractivity contribution in [2.24, 2.45) is 0 Å². The van der Waals surface area contributed by atoms with E-state index in [4.69, 9.17) is 4.74 Å². The average molecular weight is 472 g/mol. The summed E-state index contributed by atoms with van der Waals surface area (Å²) in [5, 5.41) is 0. The van der Waals surface area contributed by atoms with Crippen LogP contribution in [-0.4, -0.2) is 37.8 Å². The van der Waals surface area contributed by atoms with Crippen LogP contribution in [-0.2, 0) is 9.53 Å². The Labute approximate surface area is 139 Å². The van der Waals surface area contributed by atoms with E-state index < -0.39 is 0 Å². The largest absolute Gasteiger partial charge is 1.00 e. The Bertz CT molecular complexity index is 222. The number of unbranched alkanes of at least 4 members (excludes halogenated alkanes) is 1. The Balaban J connectivity index is -0.000000282. The summed E-state index contributed by atoms with van der Waals surface area (Å²) in [6.07, 6.45) is 2.31. The Kier molecular flexibility index (Phi) is 20.1. The summed E-state index contributed by atoms with van der Waals surface area (Å²) in [5.41, 5.74) is 0.459. The Morgan fingerprint density at radius 1 is 1.35 bits per heavy atom. The minimum atomic E-state index is -0.298. The molecule has 0 unspecified atom stereocenters. The SMILES string of the molecule is C=C(C)C(=O)OC[N+](C)(C)CCCC.I.N.[I-]. The normalized spacial score (nSPS) is 9.18. The third-order valence-electron chi connectivity index (χ3n) is 2.01. The number of quaternary nitrogens is 1. The number of ether oxygens (including phenoxy) is 1. The molecule has 0 rings (SSSR count). The zero-order valence-corrected chi connectivity index (χ0v) is 15.8. The average Bonchev–Trinajstić information content (AvgIpc) is 2.11. The van der Waals surface area contributed by atoms with Gasteiger partial charge in [-0.15, -0.1) is 24.0 Å². The molecule has 17 heavy (non-hydrogen) atoms. The van der Waals surface area contributed by atoms with Crippen LogP contribution in [0.1, 0.15) is 26.7 Å². The molecule has 0 atom stereocenters. The van der Waals surface area contributed by atoms with Gasteiger partial charge < -0.3 is 34.9 Å². The lowest BCUT2D eigenvalue weighted by molar-refractivity contribution is -0.907. The van der Waals surface area contributed by atoms with E-state index in [1.54, 1.807) is 6.92 Å². The van der Waals surface area contributed by atoms with Crippen molar-refractivity contribution in [1.29, 1.82) is 0 Å². The quantitative estimate of drug-likeness (QED) is 0.190. The first kappa shape index (κ1) is 26.2. The molecule has 3 N–H and O–H groups in total. The summed E-state index contributed by atoms with van der Waals surface area (Å²) < 4.78 is 5.81. The van der Waals surface area contributed by atoms with Gasteiger partial charge >= 0.3 is 5.97 Å². The van der Waals surface area contributed by atoms with Crippen molar-refractivity contribution in [1.82, 2.24) is 6.15 Å². The van der Waals surface area contributed by atoms with Crippen LogP contribution in [0.2, 0.25) is 0 Å². The number of carbonyl (C=O) groups is 1. The van der Waals surface area contributed by atoms with Gasteiger partial charge in [-0.3, -0.25) is 4.48 Å². The fraction of sp³-hybridized carbons (Fsp3) is 0.727. The van der Waals surface area contributed by atoms with E-state index in [1.165, 1.54) is 0 Å². The molecular weight excluding hydrogens is 446 g/mol. The minimum absolute atomic E-state index is 0. The molecule has 0 amide bonds. The fourth-order valence-electron chi connectivity index (χ4n) is 1.01. The van der Waals surface area contributed by atoms with E-state index in [-0.39, 0.29) is 60.1 Å². The number of carbonyl (C=O) groups excluding carboxylic acids is 1. The molecule has 0 aromatic heterocycles. The molecule has 4 nitrogen and oxygen atoms in total. The standard InChI is InChI=1S/C11H22NO2.2HI.H3N/c1-6-7-8-12(4,5)9-14-11(13)10(2)3;;;/h2,6-9H2,1,3-5H3;2*1H;1H3/q+1;;;/p-1. The maximum absolute atomic E-state index is 11.1. The van der Waals surface area contributed by atoms with E-state index in [9.17, 15) is 4.79 Å². The van der Waals surface area contributed by atoms with Crippen molar-refractivity contribution in [2.75, 3.05) is 27.4 Å². The zero-order chi connectivity index (χ0) is 11.2. The van der Waals surface area contributed by atoms with Crippen LogP contribution in [0.25, 0.3) is 0 Å². The van der Waals surface area contributed by atoms with Crippen molar-refractivity contribution < 1.29 is 38.0 Å². The fourth-order valence-corrected chi connectivity index (χ4v) is 1.01. The lowest BCUT2D eigenvalue weighted by Gasteiger charge is -2.28. The van der Waals surface area contributed by atoms with Crippen LogP contribution in [0.15, 0.2) is 12.2 Å². The molecular formula is C11H26I2N2O2. The molecule has 0 saturated heterocycles. The zero-order valence-electron chi connectivity index (χ0n) is 11.3. The van der Waals surface area contributed by atoms with Crippen LogP contribution in [0.3, 0.4) is 0 Å². The number of halogens is 2. The highest BCUT2D eigenvalue weighted by Crippen LogP contribution is 2.03. The first-order valence-corrected chi connectivity index (χ1v) is 5.03. The smallest absolute Gasteiger partial charge is 0.337 e. The maximum Gasteiger partial charge on any atom is 0.337 e. The van der Waals surface area contributed by atoms with E-state index >= 15 is 0 Å². The molecule has 0 aromatic rings. The molecule has 0 aromatic carbocycles. The third-order valence-corrected chi connectivity index (χ3v) is 2.01. The van der Waals surface area contributed by atoms with Crippen LogP contribution < -0.4 is 30.1 Å². The maximum atomic E-state index is 11.1. The van der Waals surface area contributed by atoms with Crippen molar-refractivity contribution in [3.63, 3.8) is 0 Å². The minimum Gasteiger partial charge on any atom is -1.00 e. The summed E-state index contributed by atoms with van der Waals surface area (Å²) in [4.78, 5) is 11.1. The van der Waals surface area contributed by atoms with Gasteiger partial charge in [0.05, 0.1) is 20.6 Å². The lowest BCUT2D eigenvalue weighted by Crippen LogP contribution is -3.00. The predicted molar refractivity (Wildman–Crippen MR) is 78.1 cm³/mol. The van der Waals surface area contributed by atoms with Crippen LogP contribution in [0, 0.1) is 0 Å². The van der Waals surface area contributed by atoms with Crippen molar-refractivity contribution in [3.8, 4) is 0 Å². The molecule has 0 spiro atoms. The van der Waals surface area contributed by atoms with Gasteiger partial charge in [0.25, 0.3) is 0 Å². The molecule has 0 saturated carbocycles. The first-order chi connectivity index (χ1) is 6.39. The lowest BCUT2D eigenvalue weighted by atomic mass is 10.3. The van der Waals surface area contributed by atoms with E-state index in [1.807, 2.05) is 0 Å². The monoisotopic (exact) mass is 472 g/mol. The second-order valence-electron chi connectivity index (χ2n) is 4.35. The molecule has 0 aliphatic rings. The molecule has 106 valence electrons. The van der Waals surface area contributed by atoms with Crippen LogP contribution in [0.4, 0.5) is 0 Å². The number of esters is 1. The summed E-state index contributed by atoms with van der Waals surface area (Å²) in [7, 11) is 4.11. The highest BCUT2D eigenvalue weighted by molar-refractivity contribution is 14.0. The molecule has 0 heterocycles. The predicted octanol–water partition coefficient (Wildman–Crippen LogP) is -0.276. The van der Waals surface area contributed by atoms with Gasteiger partial charge in [0.15, 0.2) is 0 Å². The van der Waals surface area contributed by atoms with Gasteiger partial charge in [-0.1, -0.05) is 19.9 Å². The van der Waals surface area contributed by atoms with E-state index in [2.05, 4.69) is 27.6 Å². The number of hydrogen-bond donors (Lipinski definition) is 1. The second kappa shape index (κ2) is 13.0. The van der Waals surface area contributed by atoms with Gasteiger partial charge in [-0.2, -0.15) is 0 Å². The van der Waals surface area contributed by atoms with Gasteiger partial charge in [0.2, 0.25) is 6.73 Å². The Hall–Kier alpha value is 0.590. The third kappa shape index (κ3) is 14.5. The summed E-state index contributed by atoms with van der Waals surface area (Å²) in [6, 6.07) is 0. The van der Waals surface area contributed by atoms with Gasteiger partial charge in [-0.25, -0.2) is 4.79 Å². The van der Waals surface area contributed by atoms with E-state index in [0.29, 0.717) is 16.8 Å². The van der Waals surface area contributed by atoms with Crippen molar-refractivity contribution >= 4 is 29.9 Å². The van der Waals surface area contributed by atoms with Crippen molar-refractivity contribution in [2.45, 2.75) is 26.7 Å². The van der Waals surface area contributed by atoms with Gasteiger partial charge in [-0.05, 0) is 13.3 Å². The van der Waals surface area contributed by atoms with Gasteiger partial charge in [0.1, 0.15) is 0 Å². The molecule has 6 heteroatoms. The van der Waals surface area contributed by atoms with Crippen LogP contribution in [0.5, 0.6) is 0 Å². The molecule has 0 bridgehead atoms. The number of hydrogen-bond acceptors (Lipinski definition) is 3. The Morgan fingerprint density at radius 2 is 1.82 bits per heavy atom. The summed E-state index contributed by atoms with van der Waals surface area (Å²) in [6.45, 7) is 8.80. The van der Waals surface area contributed by atoms with Crippen LogP contribution >= 0.6 is 24.0 Å². The molecule has 0 aliphatic carbocycles. The molecule has 0 radical (unpaired) electrons. The first-order valence-electron chi connectivity index (χ1n) is 5.03. The van der Waals surface area contributed by atoms with E-state index in [0.717, 1.165) is 19.4 Å². The second-order valence-corrected chi connectivity index (χ2v) is 4.35. The summed E-state index contributed by atoms with van der Waals surface area (Å²) >= 11 is 0. The Morgan fingerprint density at radius 3 is 2.18 bits per heavy atom. The van der Waals surface area contributed by atoms with Crippen molar-refractivity contribution in [3.05, 3.63) is 12.2 Å². The summed E-state index contributed by atoms with van der Waals surface area (Å²) in [5.74, 6) is -0.298.